The number of aliphatic hydroxyl groups is 1. The highest BCUT2D eigenvalue weighted by Crippen LogP contribution is 2.21. The van der Waals surface area contributed by atoms with Gasteiger partial charge in [0, 0.05) is 31.9 Å². The van der Waals surface area contributed by atoms with Gasteiger partial charge in [-0.2, -0.15) is 0 Å². The second-order valence-corrected chi connectivity index (χ2v) is 6.09. The molecule has 1 fully saturated rings. The number of carbonyl (C=O) groups excluding carboxylic acids is 1. The molecule has 0 aliphatic carbocycles. The van der Waals surface area contributed by atoms with Crippen LogP contribution >= 0.6 is 0 Å². The van der Waals surface area contributed by atoms with Gasteiger partial charge in [0.05, 0.1) is 12.3 Å². The zero-order valence-electron chi connectivity index (χ0n) is 14.0. The SMILES string of the molecule is Cc1ccccc1N1CCCN(C(=O)c2cccc(CO)n2)CC1. The minimum atomic E-state index is -0.151. The van der Waals surface area contributed by atoms with Crippen molar-refractivity contribution in [3.05, 3.63) is 59.4 Å². The summed E-state index contributed by atoms with van der Waals surface area (Å²) in [6.45, 7) is 5.13. The van der Waals surface area contributed by atoms with Crippen LogP contribution in [-0.4, -0.2) is 47.1 Å². The van der Waals surface area contributed by atoms with Gasteiger partial charge in [-0.15, -0.1) is 0 Å². The molecule has 5 heteroatoms. The first-order chi connectivity index (χ1) is 11.7. The van der Waals surface area contributed by atoms with E-state index in [0.717, 1.165) is 26.1 Å². The van der Waals surface area contributed by atoms with Crippen LogP contribution in [0.15, 0.2) is 42.5 Å². The maximum absolute atomic E-state index is 12.7. The van der Waals surface area contributed by atoms with E-state index in [1.165, 1.54) is 11.3 Å². The van der Waals surface area contributed by atoms with Crippen LogP contribution in [0.4, 0.5) is 5.69 Å². The minimum absolute atomic E-state index is 0.0584. The van der Waals surface area contributed by atoms with Crippen LogP contribution in [-0.2, 0) is 6.61 Å². The molecular weight excluding hydrogens is 302 g/mol. The lowest BCUT2D eigenvalue weighted by Gasteiger charge is -2.25. The summed E-state index contributed by atoms with van der Waals surface area (Å²) in [4.78, 5) is 21.1. The smallest absolute Gasteiger partial charge is 0.272 e. The number of aliphatic hydroxyl groups excluding tert-OH is 1. The fraction of sp³-hybridized carbons (Fsp3) is 0.368. The van der Waals surface area contributed by atoms with E-state index in [-0.39, 0.29) is 12.5 Å². The molecule has 5 nitrogen and oxygen atoms in total. The molecule has 126 valence electrons. The molecule has 3 rings (SSSR count). The standard InChI is InChI=1S/C19H23N3O2/c1-15-6-2-3-9-18(15)21-10-5-11-22(13-12-21)19(24)17-8-4-7-16(14-23)20-17/h2-4,6-9,23H,5,10-14H2,1H3. The van der Waals surface area contributed by atoms with E-state index in [1.54, 1.807) is 18.2 Å². The second-order valence-electron chi connectivity index (χ2n) is 6.09. The Morgan fingerprint density at radius 3 is 2.71 bits per heavy atom. The van der Waals surface area contributed by atoms with Gasteiger partial charge in [-0.1, -0.05) is 24.3 Å². The molecule has 0 atom stereocenters. The molecule has 1 aliphatic heterocycles. The maximum atomic E-state index is 12.7. The summed E-state index contributed by atoms with van der Waals surface area (Å²) in [5, 5.41) is 9.19. The monoisotopic (exact) mass is 325 g/mol. The van der Waals surface area contributed by atoms with E-state index in [9.17, 15) is 9.90 Å². The Hall–Kier alpha value is -2.40. The van der Waals surface area contributed by atoms with Crippen molar-refractivity contribution in [1.29, 1.82) is 0 Å². The van der Waals surface area contributed by atoms with Gasteiger partial charge in [-0.05, 0) is 37.1 Å². The number of para-hydroxylation sites is 1. The number of pyridine rings is 1. The molecule has 0 radical (unpaired) electrons. The Morgan fingerprint density at radius 1 is 1.08 bits per heavy atom. The van der Waals surface area contributed by atoms with Gasteiger partial charge < -0.3 is 14.9 Å². The van der Waals surface area contributed by atoms with E-state index >= 15 is 0 Å². The van der Waals surface area contributed by atoms with Crippen LogP contribution in [0.5, 0.6) is 0 Å². The highest BCUT2D eigenvalue weighted by molar-refractivity contribution is 5.92. The third-order valence-corrected chi connectivity index (χ3v) is 4.43. The third-order valence-electron chi connectivity index (χ3n) is 4.43. The maximum Gasteiger partial charge on any atom is 0.272 e. The summed E-state index contributed by atoms with van der Waals surface area (Å²) in [6, 6.07) is 13.6. The number of hydrogen-bond donors (Lipinski definition) is 1. The van der Waals surface area contributed by atoms with Crippen LogP contribution in [0.25, 0.3) is 0 Å². The average molecular weight is 325 g/mol. The Kier molecular flexibility index (Phi) is 5.11. The minimum Gasteiger partial charge on any atom is -0.390 e. The first kappa shape index (κ1) is 16.5. The zero-order valence-corrected chi connectivity index (χ0v) is 14.0. The van der Waals surface area contributed by atoms with Gasteiger partial charge in [0.2, 0.25) is 0 Å². The molecule has 1 N–H and O–H groups in total. The molecule has 24 heavy (non-hydrogen) atoms. The van der Waals surface area contributed by atoms with Crippen molar-refractivity contribution in [3.63, 3.8) is 0 Å². The van der Waals surface area contributed by atoms with E-state index in [4.69, 9.17) is 0 Å². The number of anilines is 1. The average Bonchev–Trinajstić information content (AvgIpc) is 2.87. The van der Waals surface area contributed by atoms with Crippen LogP contribution in [0.2, 0.25) is 0 Å². The summed E-state index contributed by atoms with van der Waals surface area (Å²) in [7, 11) is 0. The molecule has 2 aromatic rings. The summed E-state index contributed by atoms with van der Waals surface area (Å²) >= 11 is 0. The summed E-state index contributed by atoms with van der Waals surface area (Å²) in [5.41, 5.74) is 3.44. The van der Waals surface area contributed by atoms with Crippen LogP contribution in [0.1, 0.15) is 28.2 Å². The van der Waals surface area contributed by atoms with Crippen molar-refractivity contribution in [2.75, 3.05) is 31.1 Å². The van der Waals surface area contributed by atoms with Crippen molar-refractivity contribution in [3.8, 4) is 0 Å². The third kappa shape index (κ3) is 3.57. The normalized spacial score (nSPS) is 15.2. The number of hydrogen-bond acceptors (Lipinski definition) is 4. The number of amides is 1. The zero-order chi connectivity index (χ0) is 16.9. The van der Waals surface area contributed by atoms with Gasteiger partial charge in [0.25, 0.3) is 5.91 Å². The molecule has 1 aromatic heterocycles. The summed E-state index contributed by atoms with van der Waals surface area (Å²) < 4.78 is 0. The van der Waals surface area contributed by atoms with Gasteiger partial charge in [-0.25, -0.2) is 4.98 Å². The van der Waals surface area contributed by atoms with Crippen molar-refractivity contribution >= 4 is 11.6 Å². The van der Waals surface area contributed by atoms with Gasteiger partial charge in [0.15, 0.2) is 0 Å². The molecule has 1 saturated heterocycles. The number of nitrogens with zero attached hydrogens (tertiary/aromatic N) is 3. The lowest BCUT2D eigenvalue weighted by atomic mass is 10.2. The van der Waals surface area contributed by atoms with E-state index in [1.807, 2.05) is 11.0 Å². The Labute approximate surface area is 142 Å². The number of aromatic nitrogens is 1. The molecule has 0 bridgehead atoms. The van der Waals surface area contributed by atoms with Crippen molar-refractivity contribution < 1.29 is 9.90 Å². The predicted octanol–water partition coefficient (Wildman–Crippen LogP) is 2.23. The molecule has 0 unspecified atom stereocenters. The Balaban J connectivity index is 1.71. The number of carbonyl (C=O) groups is 1. The molecule has 1 aliphatic rings. The lowest BCUT2D eigenvalue weighted by molar-refractivity contribution is 0.0760. The Bertz CT molecular complexity index is 717. The van der Waals surface area contributed by atoms with Crippen molar-refractivity contribution in [2.24, 2.45) is 0 Å². The van der Waals surface area contributed by atoms with Crippen molar-refractivity contribution in [1.82, 2.24) is 9.88 Å². The summed E-state index contributed by atoms with van der Waals surface area (Å²) in [6.07, 6.45) is 0.930. The van der Waals surface area contributed by atoms with Crippen LogP contribution < -0.4 is 4.90 Å². The fourth-order valence-corrected chi connectivity index (χ4v) is 3.13. The van der Waals surface area contributed by atoms with Gasteiger partial charge in [-0.3, -0.25) is 4.79 Å². The topological polar surface area (TPSA) is 56.7 Å². The van der Waals surface area contributed by atoms with Crippen LogP contribution in [0.3, 0.4) is 0 Å². The first-order valence-corrected chi connectivity index (χ1v) is 8.35. The highest BCUT2D eigenvalue weighted by Gasteiger charge is 2.22. The first-order valence-electron chi connectivity index (χ1n) is 8.35. The molecule has 0 spiro atoms. The number of rotatable bonds is 3. The highest BCUT2D eigenvalue weighted by atomic mass is 16.3. The van der Waals surface area contributed by atoms with E-state index in [2.05, 4.69) is 35.0 Å². The quantitative estimate of drug-likeness (QED) is 0.940. The number of benzene rings is 1. The largest absolute Gasteiger partial charge is 0.390 e. The number of aryl methyl sites for hydroxylation is 1. The molecule has 1 aromatic carbocycles. The van der Waals surface area contributed by atoms with E-state index < -0.39 is 0 Å². The molecule has 2 heterocycles. The van der Waals surface area contributed by atoms with Gasteiger partial charge in [0.1, 0.15) is 5.69 Å². The molecular formula is C19H23N3O2. The second kappa shape index (κ2) is 7.45. The fourth-order valence-electron chi connectivity index (χ4n) is 3.13. The molecule has 1 amide bonds. The summed E-state index contributed by atoms with van der Waals surface area (Å²) in [5.74, 6) is -0.0584. The lowest BCUT2D eigenvalue weighted by Crippen LogP contribution is -2.35. The van der Waals surface area contributed by atoms with Crippen LogP contribution in [0, 0.1) is 6.92 Å². The predicted molar refractivity (Wildman–Crippen MR) is 94.1 cm³/mol. The Morgan fingerprint density at radius 2 is 1.92 bits per heavy atom. The van der Waals surface area contributed by atoms with E-state index in [0.29, 0.717) is 17.9 Å². The molecule has 0 saturated carbocycles. The van der Waals surface area contributed by atoms with Gasteiger partial charge >= 0.3 is 0 Å². The van der Waals surface area contributed by atoms with Crippen molar-refractivity contribution in [2.45, 2.75) is 20.0 Å².